The van der Waals surface area contributed by atoms with Crippen molar-refractivity contribution in [2.24, 2.45) is 5.92 Å². The molecule has 1 saturated carbocycles. The van der Waals surface area contributed by atoms with Crippen molar-refractivity contribution in [2.45, 2.75) is 39.2 Å². The molecule has 6 heteroatoms. The monoisotopic (exact) mass is 317 g/mol. The molecule has 1 aliphatic carbocycles. The zero-order chi connectivity index (χ0) is 17.0. The fraction of sp³-hybridized carbons (Fsp3) is 0.471. The summed E-state index contributed by atoms with van der Waals surface area (Å²) >= 11 is 0. The maximum atomic E-state index is 12.0. The molecule has 3 amide bonds. The first-order chi connectivity index (χ1) is 10.7. The lowest BCUT2D eigenvalue weighted by atomic mass is 10.1. The van der Waals surface area contributed by atoms with Crippen LogP contribution in [-0.4, -0.2) is 29.8 Å². The maximum Gasteiger partial charge on any atom is 0.251 e. The predicted molar refractivity (Wildman–Crippen MR) is 88.0 cm³/mol. The fourth-order valence-corrected chi connectivity index (χ4v) is 2.02. The lowest BCUT2D eigenvalue weighted by Gasteiger charge is -2.20. The summed E-state index contributed by atoms with van der Waals surface area (Å²) in [5, 5.41) is 8.15. The van der Waals surface area contributed by atoms with Gasteiger partial charge in [0.25, 0.3) is 5.91 Å². The van der Waals surface area contributed by atoms with Gasteiger partial charge in [-0.2, -0.15) is 0 Å². The van der Waals surface area contributed by atoms with Crippen LogP contribution in [-0.2, 0) is 9.59 Å². The van der Waals surface area contributed by atoms with Crippen LogP contribution in [0.15, 0.2) is 24.3 Å². The minimum absolute atomic E-state index is 0.0288. The molecule has 0 aromatic heterocycles. The van der Waals surface area contributed by atoms with Crippen LogP contribution in [0, 0.1) is 5.92 Å². The average Bonchev–Trinajstić information content (AvgIpc) is 3.28. The van der Waals surface area contributed by atoms with Gasteiger partial charge in [-0.3, -0.25) is 14.4 Å². The van der Waals surface area contributed by atoms with Gasteiger partial charge in [-0.05, 0) is 57.9 Å². The van der Waals surface area contributed by atoms with Gasteiger partial charge >= 0.3 is 0 Å². The number of rotatable bonds is 5. The molecule has 1 aliphatic rings. The van der Waals surface area contributed by atoms with E-state index in [0.29, 0.717) is 11.3 Å². The largest absolute Gasteiger partial charge is 0.350 e. The molecule has 0 aliphatic heterocycles. The van der Waals surface area contributed by atoms with Crippen LogP contribution in [0.5, 0.6) is 0 Å². The van der Waals surface area contributed by atoms with Crippen LogP contribution in [0.4, 0.5) is 5.69 Å². The van der Waals surface area contributed by atoms with E-state index in [-0.39, 0.29) is 35.7 Å². The van der Waals surface area contributed by atoms with Gasteiger partial charge in [-0.25, -0.2) is 0 Å². The van der Waals surface area contributed by atoms with E-state index in [1.807, 2.05) is 20.8 Å². The SMILES string of the molecule is CC(C)(C)NC(=O)CNC(=O)c1ccc(NC(=O)C2CC2)cc1. The summed E-state index contributed by atoms with van der Waals surface area (Å²) in [5.41, 5.74) is 0.783. The zero-order valence-electron chi connectivity index (χ0n) is 13.7. The summed E-state index contributed by atoms with van der Waals surface area (Å²) in [5.74, 6) is -0.395. The van der Waals surface area contributed by atoms with Gasteiger partial charge < -0.3 is 16.0 Å². The number of anilines is 1. The minimum atomic E-state index is -0.330. The molecule has 0 bridgehead atoms. The quantitative estimate of drug-likeness (QED) is 0.772. The topological polar surface area (TPSA) is 87.3 Å². The number of carbonyl (C=O) groups is 3. The van der Waals surface area contributed by atoms with E-state index in [4.69, 9.17) is 0 Å². The Kier molecular flexibility index (Phi) is 5.03. The van der Waals surface area contributed by atoms with E-state index in [1.165, 1.54) is 0 Å². The van der Waals surface area contributed by atoms with Gasteiger partial charge in [0.15, 0.2) is 0 Å². The molecular formula is C17H23N3O3. The number of benzene rings is 1. The molecule has 2 rings (SSSR count). The third-order valence-electron chi connectivity index (χ3n) is 3.29. The Bertz CT molecular complexity index is 599. The molecular weight excluding hydrogens is 294 g/mol. The first-order valence-corrected chi connectivity index (χ1v) is 7.75. The maximum absolute atomic E-state index is 12.0. The Hall–Kier alpha value is -2.37. The molecule has 0 heterocycles. The summed E-state index contributed by atoms with van der Waals surface area (Å²) < 4.78 is 0. The predicted octanol–water partition coefficient (Wildman–Crippen LogP) is 1.68. The second-order valence-corrected chi connectivity index (χ2v) is 6.82. The van der Waals surface area contributed by atoms with Crippen molar-refractivity contribution in [3.63, 3.8) is 0 Å². The molecule has 0 saturated heterocycles. The number of nitrogens with one attached hydrogen (secondary N) is 3. The van der Waals surface area contributed by atoms with Gasteiger partial charge in [-0.15, -0.1) is 0 Å². The van der Waals surface area contributed by atoms with Gasteiger partial charge in [0, 0.05) is 22.7 Å². The Labute approximate surface area is 136 Å². The summed E-state index contributed by atoms with van der Waals surface area (Å²) in [6.07, 6.45) is 1.89. The standard InChI is InChI=1S/C17H23N3O3/c1-17(2,3)20-14(21)10-18-15(22)11-6-8-13(9-7-11)19-16(23)12-4-5-12/h6-9,12H,4-5,10H2,1-3H3,(H,18,22)(H,19,23)(H,20,21). The summed E-state index contributed by atoms with van der Waals surface area (Å²) in [6.45, 7) is 5.56. The Balaban J connectivity index is 1.82. The molecule has 0 atom stereocenters. The van der Waals surface area contributed by atoms with Gasteiger partial charge in [0.1, 0.15) is 0 Å². The number of carbonyl (C=O) groups excluding carboxylic acids is 3. The van der Waals surface area contributed by atoms with Crippen LogP contribution >= 0.6 is 0 Å². The number of hydrogen-bond donors (Lipinski definition) is 3. The third kappa shape index (κ3) is 5.73. The highest BCUT2D eigenvalue weighted by atomic mass is 16.2. The molecule has 124 valence electrons. The highest BCUT2D eigenvalue weighted by molar-refractivity contribution is 5.98. The molecule has 0 radical (unpaired) electrons. The van der Waals surface area contributed by atoms with Crippen molar-refractivity contribution in [1.29, 1.82) is 0 Å². The molecule has 1 aromatic carbocycles. The van der Waals surface area contributed by atoms with Crippen molar-refractivity contribution >= 4 is 23.4 Å². The molecule has 1 aromatic rings. The van der Waals surface area contributed by atoms with Crippen LogP contribution in [0.1, 0.15) is 44.0 Å². The highest BCUT2D eigenvalue weighted by Crippen LogP contribution is 2.30. The van der Waals surface area contributed by atoms with Crippen molar-refractivity contribution in [3.05, 3.63) is 29.8 Å². The molecule has 0 unspecified atom stereocenters. The van der Waals surface area contributed by atoms with Crippen LogP contribution in [0.2, 0.25) is 0 Å². The van der Waals surface area contributed by atoms with Gasteiger partial charge in [0.05, 0.1) is 6.54 Å². The number of amides is 3. The Morgan fingerprint density at radius 1 is 1.09 bits per heavy atom. The van der Waals surface area contributed by atoms with Crippen molar-refractivity contribution < 1.29 is 14.4 Å². The Morgan fingerprint density at radius 2 is 1.70 bits per heavy atom. The van der Waals surface area contributed by atoms with Crippen LogP contribution in [0.25, 0.3) is 0 Å². The molecule has 3 N–H and O–H groups in total. The summed E-state index contributed by atoms with van der Waals surface area (Å²) in [7, 11) is 0. The summed E-state index contributed by atoms with van der Waals surface area (Å²) in [6, 6.07) is 6.62. The van der Waals surface area contributed by atoms with E-state index < -0.39 is 0 Å². The average molecular weight is 317 g/mol. The smallest absolute Gasteiger partial charge is 0.251 e. The Morgan fingerprint density at radius 3 is 2.22 bits per heavy atom. The van der Waals surface area contributed by atoms with E-state index in [9.17, 15) is 14.4 Å². The van der Waals surface area contributed by atoms with Crippen molar-refractivity contribution in [2.75, 3.05) is 11.9 Å². The molecule has 0 spiro atoms. The molecule has 6 nitrogen and oxygen atoms in total. The normalized spacial score (nSPS) is 14.0. The lowest BCUT2D eigenvalue weighted by molar-refractivity contribution is -0.121. The van der Waals surface area contributed by atoms with Gasteiger partial charge in [0.2, 0.25) is 11.8 Å². The van der Waals surface area contributed by atoms with E-state index in [0.717, 1.165) is 12.8 Å². The first-order valence-electron chi connectivity index (χ1n) is 7.75. The third-order valence-corrected chi connectivity index (χ3v) is 3.29. The van der Waals surface area contributed by atoms with Crippen molar-refractivity contribution in [1.82, 2.24) is 10.6 Å². The van der Waals surface area contributed by atoms with E-state index in [2.05, 4.69) is 16.0 Å². The number of hydrogen-bond acceptors (Lipinski definition) is 3. The van der Waals surface area contributed by atoms with E-state index in [1.54, 1.807) is 24.3 Å². The first kappa shape index (κ1) is 17.0. The fourth-order valence-electron chi connectivity index (χ4n) is 2.02. The zero-order valence-corrected chi connectivity index (χ0v) is 13.7. The van der Waals surface area contributed by atoms with Crippen LogP contribution in [0.3, 0.4) is 0 Å². The molecule has 1 fully saturated rings. The van der Waals surface area contributed by atoms with E-state index >= 15 is 0 Å². The summed E-state index contributed by atoms with van der Waals surface area (Å²) in [4.78, 5) is 35.3. The van der Waals surface area contributed by atoms with Crippen LogP contribution < -0.4 is 16.0 Å². The highest BCUT2D eigenvalue weighted by Gasteiger charge is 2.29. The lowest BCUT2D eigenvalue weighted by Crippen LogP contribution is -2.45. The van der Waals surface area contributed by atoms with Gasteiger partial charge in [-0.1, -0.05) is 0 Å². The molecule has 23 heavy (non-hydrogen) atoms. The minimum Gasteiger partial charge on any atom is -0.350 e. The van der Waals surface area contributed by atoms with Crippen molar-refractivity contribution in [3.8, 4) is 0 Å². The second-order valence-electron chi connectivity index (χ2n) is 6.82. The second kappa shape index (κ2) is 6.81.